The van der Waals surface area contributed by atoms with Crippen molar-refractivity contribution >= 4 is 17.0 Å². The predicted molar refractivity (Wildman–Crippen MR) is 85.3 cm³/mol. The second kappa shape index (κ2) is 6.31. The fourth-order valence-corrected chi connectivity index (χ4v) is 2.23. The molecule has 0 saturated carbocycles. The van der Waals surface area contributed by atoms with E-state index in [9.17, 15) is 0 Å². The van der Waals surface area contributed by atoms with Crippen LogP contribution >= 0.6 is 0 Å². The van der Waals surface area contributed by atoms with E-state index in [1.54, 1.807) is 12.4 Å². The molecule has 0 aliphatic heterocycles. The minimum Gasteiger partial charge on any atom is -0.370 e. The van der Waals surface area contributed by atoms with Crippen LogP contribution in [0.2, 0.25) is 0 Å². The number of rotatable bonds is 5. The first-order valence-electron chi connectivity index (χ1n) is 7.24. The molecule has 106 valence electrons. The Kier molecular flexibility index (Phi) is 4.05. The van der Waals surface area contributed by atoms with Crippen molar-refractivity contribution in [3.05, 3.63) is 59.9 Å². The number of pyridine rings is 1. The van der Waals surface area contributed by atoms with E-state index >= 15 is 0 Å². The van der Waals surface area contributed by atoms with E-state index < -0.39 is 0 Å². The first kappa shape index (κ1) is 13.5. The summed E-state index contributed by atoms with van der Waals surface area (Å²) in [6.45, 7) is 3.02. The van der Waals surface area contributed by atoms with Gasteiger partial charge in [0.15, 0.2) is 5.65 Å². The molecule has 0 bridgehead atoms. The number of nitrogens with zero attached hydrogens (tertiary/aromatic N) is 3. The fraction of sp³-hybridized carbons (Fsp3) is 0.235. The smallest absolute Gasteiger partial charge is 0.180 e. The molecule has 1 N–H and O–H groups in total. The van der Waals surface area contributed by atoms with Gasteiger partial charge in [0.05, 0.1) is 0 Å². The molecule has 0 radical (unpaired) electrons. The second-order valence-electron chi connectivity index (χ2n) is 4.94. The Morgan fingerprint density at radius 1 is 0.905 bits per heavy atom. The lowest BCUT2D eigenvalue weighted by Crippen LogP contribution is -2.06. The number of aryl methyl sites for hydroxylation is 1. The zero-order valence-corrected chi connectivity index (χ0v) is 12.1. The molecule has 0 atom stereocenters. The van der Waals surface area contributed by atoms with Crippen molar-refractivity contribution in [3.63, 3.8) is 0 Å². The van der Waals surface area contributed by atoms with E-state index in [1.165, 1.54) is 11.1 Å². The molecule has 2 heterocycles. The van der Waals surface area contributed by atoms with Gasteiger partial charge in [-0.3, -0.25) is 4.98 Å². The molecular weight excluding hydrogens is 260 g/mol. The van der Waals surface area contributed by atoms with Gasteiger partial charge < -0.3 is 5.32 Å². The first-order chi connectivity index (χ1) is 10.3. The topological polar surface area (TPSA) is 50.7 Å². The normalized spacial score (nSPS) is 10.7. The van der Waals surface area contributed by atoms with Crippen LogP contribution in [-0.4, -0.2) is 21.5 Å². The van der Waals surface area contributed by atoms with Crippen molar-refractivity contribution in [1.82, 2.24) is 15.0 Å². The third kappa shape index (κ3) is 3.34. The quantitative estimate of drug-likeness (QED) is 0.778. The molecule has 4 heteroatoms. The number of fused-ring (bicyclic) bond motifs is 1. The summed E-state index contributed by atoms with van der Waals surface area (Å²) < 4.78 is 0. The molecular formula is C17H18N4. The molecule has 4 nitrogen and oxygen atoms in total. The van der Waals surface area contributed by atoms with Crippen molar-refractivity contribution < 1.29 is 0 Å². The van der Waals surface area contributed by atoms with Crippen molar-refractivity contribution in [2.24, 2.45) is 0 Å². The monoisotopic (exact) mass is 278 g/mol. The summed E-state index contributed by atoms with van der Waals surface area (Å²) in [5.74, 6) is 0.841. The van der Waals surface area contributed by atoms with Crippen LogP contribution < -0.4 is 5.32 Å². The largest absolute Gasteiger partial charge is 0.370 e. The molecule has 0 aliphatic carbocycles. The SMILES string of the molecule is CCc1ccc(CCNc2ccc3nccnc3n2)cc1. The van der Waals surface area contributed by atoms with Crippen LogP contribution in [-0.2, 0) is 12.8 Å². The van der Waals surface area contributed by atoms with Gasteiger partial charge in [-0.15, -0.1) is 0 Å². The summed E-state index contributed by atoms with van der Waals surface area (Å²) in [6.07, 6.45) is 5.40. The fourth-order valence-electron chi connectivity index (χ4n) is 2.23. The molecule has 21 heavy (non-hydrogen) atoms. The highest BCUT2D eigenvalue weighted by Crippen LogP contribution is 2.11. The van der Waals surface area contributed by atoms with Gasteiger partial charge in [-0.05, 0) is 36.1 Å². The van der Waals surface area contributed by atoms with E-state index in [-0.39, 0.29) is 0 Å². The zero-order valence-electron chi connectivity index (χ0n) is 12.1. The molecule has 0 aliphatic rings. The molecule has 1 aromatic carbocycles. The number of hydrogen-bond donors (Lipinski definition) is 1. The summed E-state index contributed by atoms with van der Waals surface area (Å²) in [6, 6.07) is 12.7. The number of hydrogen-bond acceptors (Lipinski definition) is 4. The number of benzene rings is 1. The maximum Gasteiger partial charge on any atom is 0.180 e. The third-order valence-corrected chi connectivity index (χ3v) is 3.48. The molecule has 0 amide bonds. The Hall–Kier alpha value is -2.49. The van der Waals surface area contributed by atoms with Gasteiger partial charge >= 0.3 is 0 Å². The van der Waals surface area contributed by atoms with Crippen LogP contribution in [0.5, 0.6) is 0 Å². The standard InChI is InChI=1S/C17H18N4/c1-2-13-3-5-14(6-4-13)9-10-19-16-8-7-15-17(21-16)20-12-11-18-15/h3-8,11-12H,2,9-10H2,1H3,(H,19,20,21). The summed E-state index contributed by atoms with van der Waals surface area (Å²) in [7, 11) is 0. The van der Waals surface area contributed by atoms with Crippen molar-refractivity contribution in [1.29, 1.82) is 0 Å². The Morgan fingerprint density at radius 3 is 2.48 bits per heavy atom. The minimum atomic E-state index is 0.676. The third-order valence-electron chi connectivity index (χ3n) is 3.48. The first-order valence-corrected chi connectivity index (χ1v) is 7.24. The van der Waals surface area contributed by atoms with Crippen LogP contribution in [0.1, 0.15) is 18.1 Å². The lowest BCUT2D eigenvalue weighted by atomic mass is 10.1. The van der Waals surface area contributed by atoms with Gasteiger partial charge in [0.1, 0.15) is 11.3 Å². The highest BCUT2D eigenvalue weighted by atomic mass is 15.0. The minimum absolute atomic E-state index is 0.676. The van der Waals surface area contributed by atoms with Gasteiger partial charge in [0.25, 0.3) is 0 Å². The average Bonchev–Trinajstić information content (AvgIpc) is 2.55. The Morgan fingerprint density at radius 2 is 1.67 bits per heavy atom. The van der Waals surface area contributed by atoms with Gasteiger partial charge in [0, 0.05) is 18.9 Å². The molecule has 0 saturated heterocycles. The van der Waals surface area contributed by atoms with Gasteiger partial charge in [-0.1, -0.05) is 31.2 Å². The summed E-state index contributed by atoms with van der Waals surface area (Å²) in [5, 5.41) is 3.33. The van der Waals surface area contributed by atoms with Crippen LogP contribution in [0.4, 0.5) is 5.82 Å². The molecule has 0 spiro atoms. The van der Waals surface area contributed by atoms with Gasteiger partial charge in [0.2, 0.25) is 0 Å². The van der Waals surface area contributed by atoms with Gasteiger partial charge in [-0.2, -0.15) is 0 Å². The van der Waals surface area contributed by atoms with E-state index in [4.69, 9.17) is 0 Å². The number of aromatic nitrogens is 3. The molecule has 0 unspecified atom stereocenters. The highest BCUT2D eigenvalue weighted by molar-refractivity contribution is 5.71. The number of anilines is 1. The van der Waals surface area contributed by atoms with Crippen LogP contribution in [0.3, 0.4) is 0 Å². The summed E-state index contributed by atoms with van der Waals surface area (Å²) in [5.41, 5.74) is 4.20. The maximum absolute atomic E-state index is 4.45. The van der Waals surface area contributed by atoms with E-state index in [0.717, 1.165) is 30.7 Å². The van der Waals surface area contributed by atoms with Crippen molar-refractivity contribution in [2.75, 3.05) is 11.9 Å². The summed E-state index contributed by atoms with van der Waals surface area (Å²) >= 11 is 0. The van der Waals surface area contributed by atoms with Gasteiger partial charge in [-0.25, -0.2) is 9.97 Å². The number of nitrogens with one attached hydrogen (secondary N) is 1. The van der Waals surface area contributed by atoms with Crippen LogP contribution in [0.15, 0.2) is 48.8 Å². The van der Waals surface area contributed by atoms with Crippen molar-refractivity contribution in [2.45, 2.75) is 19.8 Å². The Labute approximate surface area is 124 Å². The Balaban J connectivity index is 1.60. The van der Waals surface area contributed by atoms with Crippen LogP contribution in [0.25, 0.3) is 11.2 Å². The lowest BCUT2D eigenvalue weighted by molar-refractivity contribution is 1.00. The zero-order chi connectivity index (χ0) is 14.5. The second-order valence-corrected chi connectivity index (χ2v) is 4.94. The maximum atomic E-state index is 4.45. The molecule has 0 fully saturated rings. The van der Waals surface area contributed by atoms with E-state index in [0.29, 0.717) is 5.65 Å². The van der Waals surface area contributed by atoms with E-state index in [1.807, 2.05) is 12.1 Å². The van der Waals surface area contributed by atoms with Crippen molar-refractivity contribution in [3.8, 4) is 0 Å². The summed E-state index contributed by atoms with van der Waals surface area (Å²) in [4.78, 5) is 12.9. The van der Waals surface area contributed by atoms with E-state index in [2.05, 4.69) is 51.5 Å². The lowest BCUT2D eigenvalue weighted by Gasteiger charge is -2.07. The average molecular weight is 278 g/mol. The Bertz CT molecular complexity index is 722. The molecule has 3 rings (SSSR count). The molecule has 3 aromatic rings. The van der Waals surface area contributed by atoms with Crippen LogP contribution in [0, 0.1) is 0 Å². The molecule has 2 aromatic heterocycles. The highest BCUT2D eigenvalue weighted by Gasteiger charge is 2.00. The predicted octanol–water partition coefficient (Wildman–Crippen LogP) is 3.24.